The SMILES string of the molecule is CC(C1CCC1)C(CS(=O)(=O)O)(C(C)C1CCC1)S(=O)(=O)O. The monoisotopic (exact) mass is 354 g/mol. The highest BCUT2D eigenvalue weighted by molar-refractivity contribution is 7.90. The van der Waals surface area contributed by atoms with Crippen molar-refractivity contribution in [3.63, 3.8) is 0 Å². The zero-order chi connectivity index (χ0) is 16.8. The quantitative estimate of drug-likeness (QED) is 0.679. The van der Waals surface area contributed by atoms with Crippen LogP contribution < -0.4 is 0 Å². The highest BCUT2D eigenvalue weighted by Crippen LogP contribution is 2.50. The molecular weight excluding hydrogens is 328 g/mol. The maximum atomic E-state index is 12.3. The molecule has 0 bridgehead atoms. The highest BCUT2D eigenvalue weighted by atomic mass is 32.2. The smallest absolute Gasteiger partial charge is 0.272 e. The van der Waals surface area contributed by atoms with Crippen LogP contribution in [0.25, 0.3) is 0 Å². The second-order valence-corrected chi connectivity index (χ2v) is 10.3. The topological polar surface area (TPSA) is 109 Å². The summed E-state index contributed by atoms with van der Waals surface area (Å²) >= 11 is 0. The van der Waals surface area contributed by atoms with Crippen molar-refractivity contribution in [2.75, 3.05) is 5.75 Å². The third-order valence-electron chi connectivity index (χ3n) is 6.14. The zero-order valence-electron chi connectivity index (χ0n) is 13.1. The molecular formula is C14H26O6S2. The fraction of sp³-hybridized carbons (Fsp3) is 1.00. The molecule has 22 heavy (non-hydrogen) atoms. The van der Waals surface area contributed by atoms with Crippen LogP contribution in [0.3, 0.4) is 0 Å². The van der Waals surface area contributed by atoms with Crippen LogP contribution in [0.5, 0.6) is 0 Å². The van der Waals surface area contributed by atoms with Crippen molar-refractivity contribution in [3.8, 4) is 0 Å². The third kappa shape index (κ3) is 3.20. The minimum atomic E-state index is -4.64. The summed E-state index contributed by atoms with van der Waals surface area (Å²) in [5, 5.41) is 0. The predicted octanol–water partition coefficient (Wildman–Crippen LogP) is 2.37. The molecule has 0 radical (unpaired) electrons. The van der Waals surface area contributed by atoms with Crippen molar-refractivity contribution in [3.05, 3.63) is 0 Å². The van der Waals surface area contributed by atoms with Gasteiger partial charge < -0.3 is 0 Å². The Morgan fingerprint density at radius 2 is 1.27 bits per heavy atom. The number of hydrogen-bond donors (Lipinski definition) is 2. The van der Waals surface area contributed by atoms with Gasteiger partial charge in [0.2, 0.25) is 0 Å². The van der Waals surface area contributed by atoms with Crippen LogP contribution >= 0.6 is 0 Å². The van der Waals surface area contributed by atoms with Gasteiger partial charge in [-0.2, -0.15) is 16.8 Å². The average Bonchev–Trinajstić information content (AvgIpc) is 2.17. The molecule has 6 nitrogen and oxygen atoms in total. The largest absolute Gasteiger partial charge is 0.285 e. The lowest BCUT2D eigenvalue weighted by Crippen LogP contribution is -2.59. The number of rotatable bonds is 7. The number of hydrogen-bond acceptors (Lipinski definition) is 4. The summed E-state index contributed by atoms with van der Waals surface area (Å²) in [6.07, 6.45) is 5.31. The fourth-order valence-electron chi connectivity index (χ4n) is 4.18. The van der Waals surface area contributed by atoms with Gasteiger partial charge in [0, 0.05) is 0 Å². The molecule has 2 rings (SSSR count). The van der Waals surface area contributed by atoms with E-state index in [2.05, 4.69) is 0 Å². The van der Waals surface area contributed by atoms with Crippen molar-refractivity contribution in [2.24, 2.45) is 23.7 Å². The second kappa shape index (κ2) is 6.03. The van der Waals surface area contributed by atoms with Gasteiger partial charge >= 0.3 is 0 Å². The molecule has 2 atom stereocenters. The molecule has 2 fully saturated rings. The Bertz CT molecular complexity index is 581. The first-order chi connectivity index (χ1) is 9.99. The van der Waals surface area contributed by atoms with Gasteiger partial charge in [-0.1, -0.05) is 52.4 Å². The Balaban J connectivity index is 2.51. The van der Waals surface area contributed by atoms with Gasteiger partial charge in [-0.3, -0.25) is 9.11 Å². The lowest BCUT2D eigenvalue weighted by atomic mass is 9.63. The van der Waals surface area contributed by atoms with Crippen LogP contribution in [-0.4, -0.2) is 36.4 Å². The minimum absolute atomic E-state index is 0.0752. The molecule has 0 aromatic heterocycles. The van der Waals surface area contributed by atoms with E-state index in [1.807, 2.05) is 0 Å². The van der Waals surface area contributed by atoms with E-state index in [1.165, 1.54) is 0 Å². The van der Waals surface area contributed by atoms with Crippen LogP contribution in [0.1, 0.15) is 52.4 Å². The molecule has 0 saturated heterocycles. The Labute approximate surface area is 133 Å². The second-order valence-electron chi connectivity index (χ2n) is 7.12. The summed E-state index contributed by atoms with van der Waals surface area (Å²) in [5.74, 6) is -1.78. The molecule has 2 aliphatic rings. The summed E-state index contributed by atoms with van der Waals surface area (Å²) in [5.41, 5.74) is 0. The van der Waals surface area contributed by atoms with Crippen LogP contribution in [0.4, 0.5) is 0 Å². The van der Waals surface area contributed by atoms with E-state index in [0.29, 0.717) is 0 Å². The fourth-order valence-corrected chi connectivity index (χ4v) is 7.65. The van der Waals surface area contributed by atoms with Crippen LogP contribution in [0.2, 0.25) is 0 Å². The van der Waals surface area contributed by atoms with Gasteiger partial charge in [0.25, 0.3) is 20.2 Å². The summed E-state index contributed by atoms with van der Waals surface area (Å²) in [6.45, 7) is 3.41. The Kier molecular flexibility index (Phi) is 4.98. The van der Waals surface area contributed by atoms with Crippen molar-refractivity contribution in [1.82, 2.24) is 0 Å². The van der Waals surface area contributed by atoms with Gasteiger partial charge in [-0.05, 0) is 23.7 Å². The minimum Gasteiger partial charge on any atom is -0.285 e. The van der Waals surface area contributed by atoms with Crippen LogP contribution in [-0.2, 0) is 20.2 Å². The molecule has 0 aromatic carbocycles. The van der Waals surface area contributed by atoms with E-state index in [9.17, 15) is 25.9 Å². The molecule has 2 aliphatic carbocycles. The third-order valence-corrected chi connectivity index (χ3v) is 9.02. The molecule has 2 saturated carbocycles. The van der Waals surface area contributed by atoms with E-state index in [-0.39, 0.29) is 11.8 Å². The zero-order valence-corrected chi connectivity index (χ0v) is 14.7. The van der Waals surface area contributed by atoms with Gasteiger partial charge in [-0.25, -0.2) is 0 Å². The molecule has 0 heterocycles. The Morgan fingerprint density at radius 1 is 0.909 bits per heavy atom. The Morgan fingerprint density at radius 3 is 1.45 bits per heavy atom. The van der Waals surface area contributed by atoms with Gasteiger partial charge in [0.05, 0.1) is 5.75 Å². The first-order valence-corrected chi connectivity index (χ1v) is 11.0. The summed E-state index contributed by atoms with van der Waals surface area (Å²) in [6, 6.07) is 0. The van der Waals surface area contributed by atoms with Crippen molar-refractivity contribution in [1.29, 1.82) is 0 Å². The molecule has 0 amide bonds. The summed E-state index contributed by atoms with van der Waals surface area (Å²) in [4.78, 5) is 0. The highest BCUT2D eigenvalue weighted by Gasteiger charge is 2.58. The van der Waals surface area contributed by atoms with Crippen LogP contribution in [0.15, 0.2) is 0 Å². The normalized spacial score (nSPS) is 26.5. The lowest BCUT2D eigenvalue weighted by molar-refractivity contribution is 0.0931. The summed E-state index contributed by atoms with van der Waals surface area (Å²) in [7, 11) is -9.17. The first-order valence-electron chi connectivity index (χ1n) is 7.91. The maximum Gasteiger partial charge on any atom is 0.272 e. The van der Waals surface area contributed by atoms with Gasteiger partial charge in [0.15, 0.2) is 0 Å². The molecule has 0 spiro atoms. The Hall–Kier alpha value is -0.180. The van der Waals surface area contributed by atoms with Crippen molar-refractivity contribution < 1.29 is 25.9 Å². The molecule has 2 unspecified atom stereocenters. The lowest BCUT2D eigenvalue weighted by Gasteiger charge is -2.49. The van der Waals surface area contributed by atoms with Crippen LogP contribution in [0, 0.1) is 23.7 Å². The molecule has 2 N–H and O–H groups in total. The average molecular weight is 354 g/mol. The van der Waals surface area contributed by atoms with Gasteiger partial charge in [0.1, 0.15) is 4.75 Å². The first kappa shape index (κ1) is 18.2. The predicted molar refractivity (Wildman–Crippen MR) is 83.7 cm³/mol. The van der Waals surface area contributed by atoms with Gasteiger partial charge in [-0.15, -0.1) is 0 Å². The molecule has 8 heteroatoms. The van der Waals surface area contributed by atoms with E-state index < -0.39 is 42.6 Å². The van der Waals surface area contributed by atoms with E-state index in [4.69, 9.17) is 0 Å². The van der Waals surface area contributed by atoms with Crippen molar-refractivity contribution >= 4 is 20.2 Å². The molecule has 130 valence electrons. The molecule has 0 aromatic rings. The van der Waals surface area contributed by atoms with E-state index in [1.54, 1.807) is 13.8 Å². The van der Waals surface area contributed by atoms with E-state index in [0.717, 1.165) is 38.5 Å². The maximum absolute atomic E-state index is 12.3. The summed E-state index contributed by atoms with van der Waals surface area (Å²) < 4.78 is 65.1. The molecule has 0 aliphatic heterocycles. The standard InChI is InChI=1S/C14H26O6S2/c1-10(12-5-3-6-12)14(22(18,19)20,9-21(15,16)17)11(2)13-7-4-8-13/h10-13H,3-9H2,1-2H3,(H,15,16,17)(H,18,19,20). The van der Waals surface area contributed by atoms with Crippen molar-refractivity contribution in [2.45, 2.75) is 57.1 Å². The van der Waals surface area contributed by atoms with E-state index >= 15 is 0 Å².